The predicted molar refractivity (Wildman–Crippen MR) is 117 cm³/mol. The number of hydrogen-bond donors (Lipinski definition) is 2. The van der Waals surface area contributed by atoms with Crippen molar-refractivity contribution in [1.29, 1.82) is 0 Å². The number of benzene rings is 3. The molecule has 0 fully saturated rings. The van der Waals surface area contributed by atoms with Crippen molar-refractivity contribution in [3.05, 3.63) is 102 Å². The van der Waals surface area contributed by atoms with Crippen LogP contribution in [0.2, 0.25) is 0 Å². The molecule has 0 saturated carbocycles. The molecule has 2 N–H and O–H groups in total. The number of para-hydroxylation sites is 1. The molecule has 30 heavy (non-hydrogen) atoms. The summed E-state index contributed by atoms with van der Waals surface area (Å²) in [7, 11) is 0. The maximum atomic E-state index is 12.3. The lowest BCUT2D eigenvalue weighted by Gasteiger charge is -2.08. The average Bonchev–Trinajstić information content (AvgIpc) is 2.78. The summed E-state index contributed by atoms with van der Waals surface area (Å²) in [6.07, 6.45) is 2.98. The topological polar surface area (TPSA) is 76.1 Å². The summed E-state index contributed by atoms with van der Waals surface area (Å²) in [5.41, 5.74) is 3.05. The molecule has 0 atom stereocenters. The first-order valence-corrected chi connectivity index (χ1v) is 9.46. The fourth-order valence-electron chi connectivity index (χ4n) is 2.71. The van der Waals surface area contributed by atoms with E-state index in [4.69, 9.17) is 4.74 Å². The largest absolute Gasteiger partial charge is 0.457 e. The fourth-order valence-corrected chi connectivity index (χ4v) is 2.71. The summed E-state index contributed by atoms with van der Waals surface area (Å²) in [6, 6.07) is 24.6. The minimum atomic E-state index is -0.257. The third-order valence-electron chi connectivity index (χ3n) is 4.31. The number of anilines is 3. The standard InChI is InChI=1S/C24H20N4O2/c1-17-7-9-19(10-8-17)27-23(29)18-15-25-24(26-16-18)28-20-11-13-22(14-12-20)30-21-5-3-2-4-6-21/h2-16H,1H3,(H,27,29)(H,25,26,28). The molecule has 0 saturated heterocycles. The number of amides is 1. The molecule has 0 radical (unpaired) electrons. The first-order valence-electron chi connectivity index (χ1n) is 9.46. The van der Waals surface area contributed by atoms with E-state index < -0.39 is 0 Å². The summed E-state index contributed by atoms with van der Waals surface area (Å²) >= 11 is 0. The quantitative estimate of drug-likeness (QED) is 0.445. The lowest BCUT2D eigenvalue weighted by Crippen LogP contribution is -2.13. The zero-order chi connectivity index (χ0) is 20.8. The van der Waals surface area contributed by atoms with Crippen molar-refractivity contribution in [2.45, 2.75) is 6.92 Å². The summed E-state index contributed by atoms with van der Waals surface area (Å²) in [5.74, 6) is 1.66. The van der Waals surface area contributed by atoms with Crippen LogP contribution in [0.1, 0.15) is 15.9 Å². The molecule has 6 nitrogen and oxygen atoms in total. The van der Waals surface area contributed by atoms with Gasteiger partial charge in [0.2, 0.25) is 5.95 Å². The van der Waals surface area contributed by atoms with E-state index in [1.807, 2.05) is 85.8 Å². The van der Waals surface area contributed by atoms with Gasteiger partial charge >= 0.3 is 0 Å². The van der Waals surface area contributed by atoms with Crippen molar-refractivity contribution in [3.8, 4) is 11.5 Å². The van der Waals surface area contributed by atoms with Crippen molar-refractivity contribution in [2.24, 2.45) is 0 Å². The van der Waals surface area contributed by atoms with E-state index in [1.54, 1.807) is 0 Å². The molecule has 0 spiro atoms. The van der Waals surface area contributed by atoms with Gasteiger partial charge in [-0.2, -0.15) is 0 Å². The SMILES string of the molecule is Cc1ccc(NC(=O)c2cnc(Nc3ccc(Oc4ccccc4)cc3)nc2)cc1. The second-order valence-corrected chi connectivity index (χ2v) is 6.68. The van der Waals surface area contributed by atoms with Gasteiger partial charge < -0.3 is 15.4 Å². The van der Waals surface area contributed by atoms with Crippen molar-refractivity contribution in [2.75, 3.05) is 10.6 Å². The molecule has 0 unspecified atom stereocenters. The van der Waals surface area contributed by atoms with Crippen molar-refractivity contribution >= 4 is 23.2 Å². The molecular weight excluding hydrogens is 376 g/mol. The smallest absolute Gasteiger partial charge is 0.258 e. The van der Waals surface area contributed by atoms with Crippen molar-refractivity contribution < 1.29 is 9.53 Å². The van der Waals surface area contributed by atoms with Crippen LogP contribution in [-0.4, -0.2) is 15.9 Å². The Balaban J connectivity index is 1.36. The van der Waals surface area contributed by atoms with Gasteiger partial charge in [0.15, 0.2) is 0 Å². The van der Waals surface area contributed by atoms with Crippen LogP contribution in [0.3, 0.4) is 0 Å². The Morgan fingerprint density at radius 2 is 1.37 bits per heavy atom. The molecule has 1 heterocycles. The fraction of sp³-hybridized carbons (Fsp3) is 0.0417. The summed E-state index contributed by atoms with van der Waals surface area (Å²) in [4.78, 5) is 20.8. The zero-order valence-electron chi connectivity index (χ0n) is 16.4. The second kappa shape index (κ2) is 8.87. The first-order chi connectivity index (χ1) is 14.7. The molecule has 1 amide bonds. The van der Waals surface area contributed by atoms with Crippen LogP contribution in [0.25, 0.3) is 0 Å². The molecule has 148 valence electrons. The van der Waals surface area contributed by atoms with Gasteiger partial charge in [0, 0.05) is 23.8 Å². The van der Waals surface area contributed by atoms with Gasteiger partial charge in [-0.15, -0.1) is 0 Å². The van der Waals surface area contributed by atoms with Crippen molar-refractivity contribution in [1.82, 2.24) is 9.97 Å². The van der Waals surface area contributed by atoms with Gasteiger partial charge in [-0.05, 0) is 55.5 Å². The van der Waals surface area contributed by atoms with E-state index in [1.165, 1.54) is 12.4 Å². The predicted octanol–water partition coefficient (Wildman–Crippen LogP) is 5.57. The minimum Gasteiger partial charge on any atom is -0.457 e. The number of aromatic nitrogens is 2. The van der Waals surface area contributed by atoms with Crippen LogP contribution in [0.4, 0.5) is 17.3 Å². The van der Waals surface area contributed by atoms with Gasteiger partial charge in [-0.25, -0.2) is 9.97 Å². The highest BCUT2D eigenvalue weighted by Gasteiger charge is 2.08. The maximum absolute atomic E-state index is 12.3. The second-order valence-electron chi connectivity index (χ2n) is 6.68. The Bertz CT molecular complexity index is 1110. The molecule has 0 bridgehead atoms. The van der Waals surface area contributed by atoms with Crippen molar-refractivity contribution in [3.63, 3.8) is 0 Å². The van der Waals surface area contributed by atoms with Gasteiger partial charge in [0.05, 0.1) is 5.56 Å². The number of hydrogen-bond acceptors (Lipinski definition) is 5. The monoisotopic (exact) mass is 396 g/mol. The number of carbonyl (C=O) groups excluding carboxylic acids is 1. The Morgan fingerprint density at radius 3 is 2.03 bits per heavy atom. The zero-order valence-corrected chi connectivity index (χ0v) is 16.4. The Hall–Kier alpha value is -4.19. The molecule has 6 heteroatoms. The molecule has 1 aromatic heterocycles. The van der Waals surface area contributed by atoms with Crippen LogP contribution < -0.4 is 15.4 Å². The lowest BCUT2D eigenvalue weighted by molar-refractivity contribution is 0.102. The highest BCUT2D eigenvalue weighted by Crippen LogP contribution is 2.23. The van der Waals surface area contributed by atoms with Gasteiger partial charge in [-0.3, -0.25) is 4.79 Å². The molecule has 0 aliphatic rings. The molecule has 4 rings (SSSR count). The number of nitrogens with zero attached hydrogens (tertiary/aromatic N) is 2. The molecule has 0 aliphatic heterocycles. The van der Waals surface area contributed by atoms with Gasteiger partial charge in [0.25, 0.3) is 5.91 Å². The number of nitrogens with one attached hydrogen (secondary N) is 2. The Labute approximate surface area is 174 Å². The maximum Gasteiger partial charge on any atom is 0.258 e. The third-order valence-corrected chi connectivity index (χ3v) is 4.31. The van der Waals surface area contributed by atoms with E-state index in [-0.39, 0.29) is 5.91 Å². The number of rotatable bonds is 6. The van der Waals surface area contributed by atoms with E-state index in [0.29, 0.717) is 11.5 Å². The van der Waals surface area contributed by atoms with E-state index in [2.05, 4.69) is 20.6 Å². The van der Waals surface area contributed by atoms with E-state index >= 15 is 0 Å². The average molecular weight is 396 g/mol. The van der Waals surface area contributed by atoms with Gasteiger partial charge in [-0.1, -0.05) is 35.9 Å². The number of aryl methyl sites for hydroxylation is 1. The summed E-state index contributed by atoms with van der Waals surface area (Å²) in [5, 5.41) is 5.94. The minimum absolute atomic E-state index is 0.257. The van der Waals surface area contributed by atoms with E-state index in [9.17, 15) is 4.79 Å². The Kier molecular flexibility index (Phi) is 5.66. The third kappa shape index (κ3) is 4.99. The van der Waals surface area contributed by atoms with Gasteiger partial charge in [0.1, 0.15) is 11.5 Å². The molecule has 0 aliphatic carbocycles. The summed E-state index contributed by atoms with van der Waals surface area (Å²) in [6.45, 7) is 2.00. The Morgan fingerprint density at radius 1 is 0.767 bits per heavy atom. The molecule has 4 aromatic rings. The van der Waals surface area contributed by atoms with Crippen LogP contribution in [0.15, 0.2) is 91.3 Å². The van der Waals surface area contributed by atoms with Crippen LogP contribution in [0, 0.1) is 6.92 Å². The highest BCUT2D eigenvalue weighted by molar-refractivity contribution is 6.03. The molecule has 3 aromatic carbocycles. The van der Waals surface area contributed by atoms with E-state index in [0.717, 1.165) is 28.4 Å². The highest BCUT2D eigenvalue weighted by atomic mass is 16.5. The van der Waals surface area contributed by atoms with Crippen LogP contribution >= 0.6 is 0 Å². The lowest BCUT2D eigenvalue weighted by atomic mass is 10.2. The number of carbonyl (C=O) groups is 1. The van der Waals surface area contributed by atoms with Crippen LogP contribution in [0.5, 0.6) is 11.5 Å². The van der Waals surface area contributed by atoms with Crippen LogP contribution in [-0.2, 0) is 0 Å². The normalized spacial score (nSPS) is 10.3. The first kappa shape index (κ1) is 19.1. The number of ether oxygens (including phenoxy) is 1. The molecular formula is C24H20N4O2. The summed E-state index contributed by atoms with van der Waals surface area (Å²) < 4.78 is 5.78.